The molecule has 0 spiro atoms. The molecule has 1 fully saturated rings. The SMILES string of the molecule is COCO[C@H](/C=C\C=O)C[C@@H]1OC(C)(C)O[C@H]1C. The zero-order chi connectivity index (χ0) is 13.6. The Morgan fingerprint density at radius 3 is 2.61 bits per heavy atom. The molecule has 0 aliphatic carbocycles. The molecule has 1 heterocycles. The maximum Gasteiger partial charge on any atom is 0.163 e. The summed E-state index contributed by atoms with van der Waals surface area (Å²) in [4.78, 5) is 10.4. The van der Waals surface area contributed by atoms with Crippen LogP contribution in [0.25, 0.3) is 0 Å². The summed E-state index contributed by atoms with van der Waals surface area (Å²) in [7, 11) is 1.56. The first-order chi connectivity index (χ1) is 8.48. The Bertz CT molecular complexity index is 287. The first-order valence-electron chi connectivity index (χ1n) is 6.06. The summed E-state index contributed by atoms with van der Waals surface area (Å²) < 4.78 is 21.8. The molecule has 1 rings (SSSR count). The number of methoxy groups -OCH3 is 1. The topological polar surface area (TPSA) is 54.0 Å². The average molecular weight is 258 g/mol. The molecule has 5 heteroatoms. The molecule has 0 bridgehead atoms. The Morgan fingerprint density at radius 2 is 2.11 bits per heavy atom. The average Bonchev–Trinajstić information content (AvgIpc) is 2.55. The third kappa shape index (κ3) is 4.86. The lowest BCUT2D eigenvalue weighted by Crippen LogP contribution is -2.27. The van der Waals surface area contributed by atoms with Gasteiger partial charge in [-0.15, -0.1) is 0 Å². The summed E-state index contributed by atoms with van der Waals surface area (Å²) in [6, 6.07) is 0. The Kier molecular flexibility index (Phi) is 5.95. The molecule has 0 amide bonds. The van der Waals surface area contributed by atoms with E-state index in [1.54, 1.807) is 13.2 Å². The normalized spacial score (nSPS) is 28.7. The second-order valence-electron chi connectivity index (χ2n) is 4.75. The highest BCUT2D eigenvalue weighted by Gasteiger charge is 2.39. The highest BCUT2D eigenvalue weighted by atomic mass is 16.8. The Balaban J connectivity index is 2.54. The highest BCUT2D eigenvalue weighted by molar-refractivity contribution is 5.64. The van der Waals surface area contributed by atoms with Gasteiger partial charge >= 0.3 is 0 Å². The van der Waals surface area contributed by atoms with Crippen LogP contribution in [0.3, 0.4) is 0 Å². The number of hydrogen-bond donors (Lipinski definition) is 0. The van der Waals surface area contributed by atoms with Crippen molar-refractivity contribution >= 4 is 6.29 Å². The van der Waals surface area contributed by atoms with Crippen molar-refractivity contribution in [2.75, 3.05) is 13.9 Å². The van der Waals surface area contributed by atoms with Crippen molar-refractivity contribution < 1.29 is 23.7 Å². The van der Waals surface area contributed by atoms with Crippen molar-refractivity contribution in [3.8, 4) is 0 Å². The van der Waals surface area contributed by atoms with Gasteiger partial charge in [0.25, 0.3) is 0 Å². The third-order valence-corrected chi connectivity index (χ3v) is 2.70. The number of rotatable bonds is 7. The van der Waals surface area contributed by atoms with Gasteiger partial charge in [0.05, 0.1) is 18.3 Å². The van der Waals surface area contributed by atoms with E-state index >= 15 is 0 Å². The van der Waals surface area contributed by atoms with Gasteiger partial charge in [0.1, 0.15) is 13.1 Å². The van der Waals surface area contributed by atoms with E-state index in [1.165, 1.54) is 6.08 Å². The van der Waals surface area contributed by atoms with Crippen molar-refractivity contribution in [2.45, 2.75) is 51.3 Å². The lowest BCUT2D eigenvalue weighted by Gasteiger charge is -2.20. The van der Waals surface area contributed by atoms with E-state index in [2.05, 4.69) is 0 Å². The second-order valence-corrected chi connectivity index (χ2v) is 4.75. The molecule has 1 saturated heterocycles. The second kappa shape index (κ2) is 6.99. The minimum atomic E-state index is -0.565. The van der Waals surface area contributed by atoms with E-state index < -0.39 is 5.79 Å². The largest absolute Gasteiger partial charge is 0.359 e. The van der Waals surface area contributed by atoms with Crippen LogP contribution in [0, 0.1) is 0 Å². The fraction of sp³-hybridized carbons (Fsp3) is 0.769. The van der Waals surface area contributed by atoms with Crippen LogP contribution in [0.2, 0.25) is 0 Å². The Hall–Kier alpha value is -0.750. The molecular weight excluding hydrogens is 236 g/mol. The first-order valence-corrected chi connectivity index (χ1v) is 6.06. The van der Waals surface area contributed by atoms with Gasteiger partial charge in [-0.3, -0.25) is 4.79 Å². The maximum atomic E-state index is 10.4. The predicted octanol–water partition coefficient (Wildman–Crippen LogP) is 1.66. The molecule has 18 heavy (non-hydrogen) atoms. The Morgan fingerprint density at radius 1 is 1.39 bits per heavy atom. The van der Waals surface area contributed by atoms with Crippen molar-refractivity contribution in [1.29, 1.82) is 0 Å². The van der Waals surface area contributed by atoms with Gasteiger partial charge < -0.3 is 18.9 Å². The lowest BCUT2D eigenvalue weighted by molar-refractivity contribution is -0.149. The fourth-order valence-corrected chi connectivity index (χ4v) is 2.01. The minimum absolute atomic E-state index is 0.00160. The van der Waals surface area contributed by atoms with Gasteiger partial charge in [-0.25, -0.2) is 0 Å². The summed E-state index contributed by atoms with van der Waals surface area (Å²) in [5.74, 6) is -0.565. The molecule has 0 unspecified atom stereocenters. The molecule has 0 N–H and O–H groups in total. The molecule has 1 aliphatic rings. The minimum Gasteiger partial charge on any atom is -0.359 e. The molecule has 0 aromatic carbocycles. The number of allylic oxidation sites excluding steroid dienone is 1. The van der Waals surface area contributed by atoms with E-state index in [4.69, 9.17) is 18.9 Å². The summed E-state index contributed by atoms with van der Waals surface area (Å²) >= 11 is 0. The van der Waals surface area contributed by atoms with E-state index in [-0.39, 0.29) is 25.1 Å². The standard InChI is InChI=1S/C13H22O5/c1-10-12(18-13(2,3)17-10)8-11(6-5-7-14)16-9-15-4/h5-7,10-12H,8-9H2,1-4H3/b6-5-/t10-,11+,12-/m0/s1. The van der Waals surface area contributed by atoms with E-state index in [0.29, 0.717) is 6.42 Å². The summed E-state index contributed by atoms with van der Waals surface area (Å²) in [6.45, 7) is 5.92. The van der Waals surface area contributed by atoms with Gasteiger partial charge in [0.2, 0.25) is 0 Å². The molecule has 104 valence electrons. The monoisotopic (exact) mass is 258 g/mol. The number of carbonyl (C=O) groups is 1. The van der Waals surface area contributed by atoms with E-state index in [1.807, 2.05) is 20.8 Å². The van der Waals surface area contributed by atoms with Crippen molar-refractivity contribution in [2.24, 2.45) is 0 Å². The van der Waals surface area contributed by atoms with Gasteiger partial charge in [0, 0.05) is 13.5 Å². The van der Waals surface area contributed by atoms with Crippen LogP contribution in [0.1, 0.15) is 27.2 Å². The third-order valence-electron chi connectivity index (χ3n) is 2.70. The zero-order valence-corrected chi connectivity index (χ0v) is 11.4. The van der Waals surface area contributed by atoms with Crippen molar-refractivity contribution in [3.63, 3.8) is 0 Å². The van der Waals surface area contributed by atoms with Crippen LogP contribution in [0.4, 0.5) is 0 Å². The lowest BCUT2D eigenvalue weighted by atomic mass is 10.1. The Labute approximate surface area is 108 Å². The molecular formula is C13H22O5. The van der Waals surface area contributed by atoms with Crippen molar-refractivity contribution in [3.05, 3.63) is 12.2 Å². The number of aldehydes is 1. The van der Waals surface area contributed by atoms with Gasteiger partial charge in [-0.1, -0.05) is 6.08 Å². The molecule has 0 radical (unpaired) electrons. The smallest absolute Gasteiger partial charge is 0.163 e. The molecule has 5 nitrogen and oxygen atoms in total. The van der Waals surface area contributed by atoms with Crippen LogP contribution in [-0.2, 0) is 23.7 Å². The molecule has 3 atom stereocenters. The number of carbonyl (C=O) groups excluding carboxylic acids is 1. The van der Waals surface area contributed by atoms with Crippen LogP contribution in [-0.4, -0.2) is 44.3 Å². The van der Waals surface area contributed by atoms with Gasteiger partial charge in [0.15, 0.2) is 5.79 Å². The van der Waals surface area contributed by atoms with Crippen LogP contribution in [0.15, 0.2) is 12.2 Å². The van der Waals surface area contributed by atoms with Crippen LogP contribution in [0.5, 0.6) is 0 Å². The zero-order valence-electron chi connectivity index (χ0n) is 11.4. The highest BCUT2D eigenvalue weighted by Crippen LogP contribution is 2.30. The number of ether oxygens (including phenoxy) is 4. The van der Waals surface area contributed by atoms with Crippen molar-refractivity contribution in [1.82, 2.24) is 0 Å². The molecule has 0 saturated carbocycles. The van der Waals surface area contributed by atoms with E-state index in [0.717, 1.165) is 6.29 Å². The number of hydrogen-bond acceptors (Lipinski definition) is 5. The van der Waals surface area contributed by atoms with E-state index in [9.17, 15) is 4.79 Å². The predicted molar refractivity (Wildman–Crippen MR) is 66.1 cm³/mol. The summed E-state index contributed by atoms with van der Waals surface area (Å²) in [5, 5.41) is 0. The van der Waals surface area contributed by atoms with Crippen LogP contribution >= 0.6 is 0 Å². The fourth-order valence-electron chi connectivity index (χ4n) is 2.01. The summed E-state index contributed by atoms with van der Waals surface area (Å²) in [5.41, 5.74) is 0. The van der Waals surface area contributed by atoms with Gasteiger partial charge in [-0.2, -0.15) is 0 Å². The molecule has 0 aromatic rings. The maximum absolute atomic E-state index is 10.4. The quantitative estimate of drug-likeness (QED) is 0.395. The molecule has 0 aromatic heterocycles. The summed E-state index contributed by atoms with van der Waals surface area (Å²) in [6.07, 6.45) is 4.19. The van der Waals surface area contributed by atoms with Crippen LogP contribution < -0.4 is 0 Å². The first kappa shape index (κ1) is 15.3. The molecule has 1 aliphatic heterocycles. The van der Waals surface area contributed by atoms with Gasteiger partial charge in [-0.05, 0) is 26.8 Å².